The normalized spacial score (nSPS) is 16.7. The molecule has 0 amide bonds. The third-order valence-corrected chi connectivity index (χ3v) is 5.62. The maximum atomic E-state index is 13.1. The van der Waals surface area contributed by atoms with E-state index >= 15 is 0 Å². The molecule has 0 spiro atoms. The van der Waals surface area contributed by atoms with E-state index in [0.717, 1.165) is 17.9 Å². The standard InChI is InChI=1S/C21H25F3N6O2/c1-28(2)13-14-32-16-5-3-15(4-6-16)20(31)9-11-29(12-10-20)18-8-7-17-25-26-19(21(22,23)24)30(17)27-18/h3-8,31H,9-14H2,1-2H3. The summed E-state index contributed by atoms with van der Waals surface area (Å²) in [5.74, 6) is -0.0335. The van der Waals surface area contributed by atoms with Crippen LogP contribution in [0, 0.1) is 0 Å². The molecule has 1 N–H and O–H groups in total. The molecular weight excluding hydrogens is 425 g/mol. The van der Waals surface area contributed by atoms with Crippen LogP contribution >= 0.6 is 0 Å². The quantitative estimate of drug-likeness (QED) is 0.618. The van der Waals surface area contributed by atoms with Crippen molar-refractivity contribution in [1.82, 2.24) is 24.7 Å². The molecular formula is C21H25F3N6O2. The third kappa shape index (κ3) is 4.63. The maximum absolute atomic E-state index is 13.1. The smallest absolute Gasteiger partial charge is 0.453 e. The van der Waals surface area contributed by atoms with E-state index in [0.29, 0.717) is 42.9 Å². The number of piperidine rings is 1. The summed E-state index contributed by atoms with van der Waals surface area (Å²) < 4.78 is 45.8. The van der Waals surface area contributed by atoms with Gasteiger partial charge in [0.1, 0.15) is 18.2 Å². The van der Waals surface area contributed by atoms with Crippen LogP contribution in [-0.2, 0) is 11.8 Å². The number of hydrogen-bond acceptors (Lipinski definition) is 7. The first kappa shape index (κ1) is 22.3. The Hall–Kier alpha value is -2.92. The van der Waals surface area contributed by atoms with Crippen LogP contribution in [0.15, 0.2) is 36.4 Å². The van der Waals surface area contributed by atoms with Crippen molar-refractivity contribution < 1.29 is 23.0 Å². The molecule has 0 unspecified atom stereocenters. The summed E-state index contributed by atoms with van der Waals surface area (Å²) in [7, 11) is 3.95. The predicted octanol–water partition coefficient (Wildman–Crippen LogP) is 2.57. The second-order valence-electron chi connectivity index (χ2n) is 8.18. The lowest BCUT2D eigenvalue weighted by molar-refractivity contribution is -0.146. The molecule has 0 saturated carbocycles. The number of alkyl halides is 3. The number of hydrogen-bond donors (Lipinski definition) is 1. The molecule has 0 atom stereocenters. The van der Waals surface area contributed by atoms with Crippen molar-refractivity contribution >= 4 is 11.5 Å². The van der Waals surface area contributed by atoms with E-state index in [1.54, 1.807) is 6.07 Å². The molecule has 3 aromatic rings. The van der Waals surface area contributed by atoms with Gasteiger partial charge in [-0.2, -0.15) is 17.7 Å². The summed E-state index contributed by atoms with van der Waals surface area (Å²) in [6, 6.07) is 10.5. The second-order valence-corrected chi connectivity index (χ2v) is 8.18. The number of nitrogens with zero attached hydrogens (tertiary/aromatic N) is 6. The molecule has 0 radical (unpaired) electrons. The lowest BCUT2D eigenvalue weighted by atomic mass is 9.84. The molecule has 1 saturated heterocycles. The minimum atomic E-state index is -4.64. The summed E-state index contributed by atoms with van der Waals surface area (Å²) in [5.41, 5.74) is -0.197. The predicted molar refractivity (Wildman–Crippen MR) is 112 cm³/mol. The fraction of sp³-hybridized carbons (Fsp3) is 0.476. The molecule has 0 bridgehead atoms. The Labute approximate surface area is 183 Å². The van der Waals surface area contributed by atoms with Crippen LogP contribution in [0.4, 0.5) is 19.0 Å². The highest BCUT2D eigenvalue weighted by molar-refractivity contribution is 5.46. The van der Waals surface area contributed by atoms with Crippen molar-refractivity contribution in [2.24, 2.45) is 0 Å². The molecule has 2 aromatic heterocycles. The number of halogens is 3. The van der Waals surface area contributed by atoms with Gasteiger partial charge in [-0.05, 0) is 56.8 Å². The number of ether oxygens (including phenoxy) is 1. The number of anilines is 1. The van der Waals surface area contributed by atoms with Crippen molar-refractivity contribution in [3.63, 3.8) is 0 Å². The van der Waals surface area contributed by atoms with Crippen molar-refractivity contribution in [3.8, 4) is 5.75 Å². The van der Waals surface area contributed by atoms with Crippen LogP contribution in [0.3, 0.4) is 0 Å². The largest absolute Gasteiger partial charge is 0.492 e. The van der Waals surface area contributed by atoms with Gasteiger partial charge in [-0.15, -0.1) is 15.3 Å². The molecule has 32 heavy (non-hydrogen) atoms. The van der Waals surface area contributed by atoms with Gasteiger partial charge in [0, 0.05) is 19.6 Å². The molecule has 1 aromatic carbocycles. The van der Waals surface area contributed by atoms with E-state index in [2.05, 4.69) is 15.3 Å². The fourth-order valence-electron chi connectivity index (χ4n) is 3.73. The zero-order valence-corrected chi connectivity index (χ0v) is 17.9. The van der Waals surface area contributed by atoms with Crippen LogP contribution < -0.4 is 9.64 Å². The van der Waals surface area contributed by atoms with E-state index in [-0.39, 0.29) is 5.65 Å². The highest BCUT2D eigenvalue weighted by atomic mass is 19.4. The molecule has 0 aliphatic carbocycles. The van der Waals surface area contributed by atoms with Gasteiger partial charge in [0.05, 0.1) is 5.60 Å². The van der Waals surface area contributed by atoms with Gasteiger partial charge in [0.25, 0.3) is 5.82 Å². The maximum Gasteiger partial charge on any atom is 0.453 e. The van der Waals surface area contributed by atoms with Crippen molar-refractivity contribution in [1.29, 1.82) is 0 Å². The summed E-state index contributed by atoms with van der Waals surface area (Å²) in [5, 5.41) is 22.0. The Bertz CT molecular complexity index is 1060. The average Bonchev–Trinajstić information content (AvgIpc) is 3.18. The number of aliphatic hydroxyl groups is 1. The molecule has 1 fully saturated rings. The van der Waals surface area contributed by atoms with Crippen LogP contribution in [0.5, 0.6) is 5.75 Å². The number of rotatable bonds is 6. The summed E-state index contributed by atoms with van der Waals surface area (Å²) in [6.45, 7) is 2.27. The topological polar surface area (TPSA) is 79.0 Å². The van der Waals surface area contributed by atoms with Gasteiger partial charge < -0.3 is 19.6 Å². The monoisotopic (exact) mass is 450 g/mol. The lowest BCUT2D eigenvalue weighted by Crippen LogP contribution is -2.43. The van der Waals surface area contributed by atoms with Gasteiger partial charge in [-0.1, -0.05) is 12.1 Å². The van der Waals surface area contributed by atoms with Crippen LogP contribution in [0.1, 0.15) is 24.2 Å². The van der Waals surface area contributed by atoms with Crippen molar-refractivity contribution in [2.45, 2.75) is 24.6 Å². The molecule has 11 heteroatoms. The van der Waals surface area contributed by atoms with Crippen molar-refractivity contribution in [2.75, 3.05) is 45.2 Å². The Morgan fingerprint density at radius 1 is 1.06 bits per heavy atom. The van der Waals surface area contributed by atoms with Crippen LogP contribution in [0.2, 0.25) is 0 Å². The first-order chi connectivity index (χ1) is 15.2. The second kappa shape index (κ2) is 8.55. The van der Waals surface area contributed by atoms with Crippen LogP contribution in [0.25, 0.3) is 5.65 Å². The number of fused-ring (bicyclic) bond motifs is 1. The number of benzene rings is 1. The number of aromatic nitrogens is 4. The SMILES string of the molecule is CN(C)CCOc1ccc(C2(O)CCN(c3ccc4nnc(C(F)(F)F)n4n3)CC2)cc1. The van der Waals surface area contributed by atoms with Gasteiger partial charge in [0.15, 0.2) is 5.65 Å². The molecule has 172 valence electrons. The van der Waals surface area contributed by atoms with Crippen LogP contribution in [-0.4, -0.2) is 70.2 Å². The number of likely N-dealkylation sites (N-methyl/N-ethyl adjacent to an activating group) is 1. The summed E-state index contributed by atoms with van der Waals surface area (Å²) >= 11 is 0. The Kier molecular flexibility index (Phi) is 5.95. The van der Waals surface area contributed by atoms with Gasteiger partial charge >= 0.3 is 6.18 Å². The molecule has 4 rings (SSSR count). The zero-order chi connectivity index (χ0) is 22.9. The van der Waals surface area contributed by atoms with E-state index < -0.39 is 17.6 Å². The third-order valence-electron chi connectivity index (χ3n) is 5.62. The molecule has 1 aliphatic rings. The summed E-state index contributed by atoms with van der Waals surface area (Å²) in [4.78, 5) is 3.89. The van der Waals surface area contributed by atoms with E-state index in [1.807, 2.05) is 48.2 Å². The van der Waals surface area contributed by atoms with Crippen molar-refractivity contribution in [3.05, 3.63) is 47.8 Å². The molecule has 1 aliphatic heterocycles. The van der Waals surface area contributed by atoms with E-state index in [1.165, 1.54) is 6.07 Å². The average molecular weight is 450 g/mol. The lowest BCUT2D eigenvalue weighted by Gasteiger charge is -2.39. The Morgan fingerprint density at radius 3 is 2.38 bits per heavy atom. The Balaban J connectivity index is 1.43. The minimum Gasteiger partial charge on any atom is -0.492 e. The fourth-order valence-corrected chi connectivity index (χ4v) is 3.73. The first-order valence-corrected chi connectivity index (χ1v) is 10.3. The first-order valence-electron chi connectivity index (χ1n) is 10.3. The van der Waals surface area contributed by atoms with E-state index in [4.69, 9.17) is 4.74 Å². The van der Waals surface area contributed by atoms with Gasteiger partial charge in [0.2, 0.25) is 0 Å². The zero-order valence-electron chi connectivity index (χ0n) is 17.9. The summed E-state index contributed by atoms with van der Waals surface area (Å²) in [6.07, 6.45) is -3.81. The van der Waals surface area contributed by atoms with Gasteiger partial charge in [-0.25, -0.2) is 0 Å². The highest BCUT2D eigenvalue weighted by Gasteiger charge is 2.38. The molecule has 3 heterocycles. The Morgan fingerprint density at radius 2 is 1.75 bits per heavy atom. The highest BCUT2D eigenvalue weighted by Crippen LogP contribution is 2.35. The molecule has 8 nitrogen and oxygen atoms in total. The van der Waals surface area contributed by atoms with Gasteiger partial charge in [-0.3, -0.25) is 0 Å². The minimum absolute atomic E-state index is 0.0301. The van der Waals surface area contributed by atoms with E-state index in [9.17, 15) is 18.3 Å².